The van der Waals surface area contributed by atoms with E-state index in [1.165, 1.54) is 0 Å². The number of benzene rings is 2. The summed E-state index contributed by atoms with van der Waals surface area (Å²) in [6, 6.07) is 14.3. The Kier molecular flexibility index (Phi) is 5.07. The lowest BCUT2D eigenvalue weighted by Crippen LogP contribution is -2.38. The van der Waals surface area contributed by atoms with E-state index in [4.69, 9.17) is 9.88 Å². The normalized spacial score (nSPS) is 24.5. The third kappa shape index (κ3) is 3.76. The van der Waals surface area contributed by atoms with Gasteiger partial charge in [0, 0.05) is 5.92 Å². The number of aromatic hydroxyl groups is 1. The van der Waals surface area contributed by atoms with Gasteiger partial charge in [0.2, 0.25) is 10.0 Å². The molecule has 0 bridgehead atoms. The minimum absolute atomic E-state index is 0.119. The van der Waals surface area contributed by atoms with Crippen LogP contribution in [0.5, 0.6) is 5.75 Å². The van der Waals surface area contributed by atoms with E-state index in [-0.39, 0.29) is 31.3 Å². The SMILES string of the molecule is CC(CC1COCC1(O)c1ccc(-c2ccc(O)cc2)cc1)S(N)(=O)=O. The molecular formula is C19H23NO5S. The zero-order valence-corrected chi connectivity index (χ0v) is 15.3. The van der Waals surface area contributed by atoms with Crippen molar-refractivity contribution in [3.63, 3.8) is 0 Å². The molecule has 1 aliphatic rings. The van der Waals surface area contributed by atoms with Crippen LogP contribution in [0.2, 0.25) is 0 Å². The number of ether oxygens (including phenoxy) is 1. The number of aliphatic hydroxyl groups is 1. The molecule has 1 saturated heterocycles. The van der Waals surface area contributed by atoms with E-state index < -0.39 is 20.9 Å². The topological polar surface area (TPSA) is 110 Å². The van der Waals surface area contributed by atoms with Crippen molar-refractivity contribution < 1.29 is 23.4 Å². The number of phenolic OH excluding ortho intramolecular Hbond substituents is 1. The van der Waals surface area contributed by atoms with Crippen LogP contribution in [0.15, 0.2) is 48.5 Å². The minimum Gasteiger partial charge on any atom is -0.508 e. The molecule has 6 nitrogen and oxygen atoms in total. The predicted octanol–water partition coefficient (Wildman–Crippen LogP) is 1.96. The first-order valence-corrected chi connectivity index (χ1v) is 10.0. The molecule has 26 heavy (non-hydrogen) atoms. The average Bonchev–Trinajstić information content (AvgIpc) is 2.97. The van der Waals surface area contributed by atoms with E-state index in [0.29, 0.717) is 5.56 Å². The highest BCUT2D eigenvalue weighted by Gasteiger charge is 2.45. The second kappa shape index (κ2) is 7.00. The Bertz CT molecular complexity index is 864. The molecule has 140 valence electrons. The molecule has 0 saturated carbocycles. The van der Waals surface area contributed by atoms with Gasteiger partial charge in [-0.15, -0.1) is 0 Å². The minimum atomic E-state index is -3.66. The maximum absolute atomic E-state index is 11.5. The number of sulfonamides is 1. The van der Waals surface area contributed by atoms with Crippen LogP contribution in [0.1, 0.15) is 18.9 Å². The van der Waals surface area contributed by atoms with E-state index in [0.717, 1.165) is 11.1 Å². The largest absolute Gasteiger partial charge is 0.508 e. The van der Waals surface area contributed by atoms with E-state index >= 15 is 0 Å². The van der Waals surface area contributed by atoms with Crippen LogP contribution in [0.3, 0.4) is 0 Å². The molecule has 7 heteroatoms. The summed E-state index contributed by atoms with van der Waals surface area (Å²) in [7, 11) is -3.66. The van der Waals surface area contributed by atoms with Gasteiger partial charge in [0.15, 0.2) is 0 Å². The Morgan fingerprint density at radius 1 is 1.15 bits per heavy atom. The summed E-state index contributed by atoms with van der Waals surface area (Å²) in [5.41, 5.74) is 1.34. The lowest BCUT2D eigenvalue weighted by molar-refractivity contribution is -0.00577. The van der Waals surface area contributed by atoms with Crippen molar-refractivity contribution in [2.75, 3.05) is 13.2 Å². The Labute approximate surface area is 153 Å². The second-order valence-electron chi connectivity index (χ2n) is 6.90. The number of primary sulfonamides is 1. The molecule has 0 radical (unpaired) electrons. The van der Waals surface area contributed by atoms with E-state index in [1.54, 1.807) is 19.1 Å². The highest BCUT2D eigenvalue weighted by molar-refractivity contribution is 7.89. The standard InChI is InChI=1S/C19H23NO5S/c1-13(26(20,23)24)10-17-11-25-12-19(17,22)16-6-2-14(3-7-16)15-4-8-18(21)9-5-15/h2-9,13,17,21-22H,10-12H2,1H3,(H2,20,23,24). The fourth-order valence-corrected chi connectivity index (χ4v) is 3.84. The first-order chi connectivity index (χ1) is 12.2. The molecule has 2 aromatic rings. The van der Waals surface area contributed by atoms with Gasteiger partial charge >= 0.3 is 0 Å². The van der Waals surface area contributed by atoms with Gasteiger partial charge in [0.1, 0.15) is 11.4 Å². The van der Waals surface area contributed by atoms with E-state index in [2.05, 4.69) is 0 Å². The van der Waals surface area contributed by atoms with Crippen LogP contribution in [0, 0.1) is 5.92 Å². The van der Waals surface area contributed by atoms with Crippen molar-refractivity contribution >= 4 is 10.0 Å². The zero-order chi connectivity index (χ0) is 18.9. The van der Waals surface area contributed by atoms with Gasteiger partial charge < -0.3 is 14.9 Å². The van der Waals surface area contributed by atoms with Crippen LogP contribution >= 0.6 is 0 Å². The second-order valence-corrected chi connectivity index (χ2v) is 8.88. The van der Waals surface area contributed by atoms with Gasteiger partial charge in [0.25, 0.3) is 0 Å². The van der Waals surface area contributed by atoms with Gasteiger partial charge in [-0.05, 0) is 42.2 Å². The first-order valence-electron chi connectivity index (χ1n) is 8.42. The van der Waals surface area contributed by atoms with Crippen LogP contribution in [0.4, 0.5) is 0 Å². The van der Waals surface area contributed by atoms with E-state index in [1.807, 2.05) is 36.4 Å². The van der Waals surface area contributed by atoms with Crippen LogP contribution < -0.4 is 5.14 Å². The fraction of sp³-hybridized carbons (Fsp3) is 0.368. The number of phenols is 1. The summed E-state index contributed by atoms with van der Waals surface area (Å²) in [5, 5.41) is 25.0. The van der Waals surface area contributed by atoms with Gasteiger partial charge in [-0.1, -0.05) is 36.4 Å². The first kappa shape index (κ1) is 18.8. The molecule has 4 N–H and O–H groups in total. The molecule has 3 atom stereocenters. The molecular weight excluding hydrogens is 354 g/mol. The van der Waals surface area contributed by atoms with Crippen LogP contribution in [-0.4, -0.2) is 37.1 Å². The van der Waals surface area contributed by atoms with Crippen molar-refractivity contribution in [1.29, 1.82) is 0 Å². The zero-order valence-electron chi connectivity index (χ0n) is 14.5. The van der Waals surface area contributed by atoms with Gasteiger partial charge in [-0.25, -0.2) is 13.6 Å². The molecule has 0 spiro atoms. The lowest BCUT2D eigenvalue weighted by Gasteiger charge is -2.30. The van der Waals surface area contributed by atoms with Crippen molar-refractivity contribution in [1.82, 2.24) is 0 Å². The highest BCUT2D eigenvalue weighted by Crippen LogP contribution is 2.39. The number of rotatable bonds is 5. The number of hydrogen-bond acceptors (Lipinski definition) is 5. The summed E-state index contributed by atoms with van der Waals surface area (Å²) < 4.78 is 28.5. The maximum Gasteiger partial charge on any atom is 0.211 e. The van der Waals surface area contributed by atoms with Gasteiger partial charge in [0.05, 0.1) is 18.5 Å². The predicted molar refractivity (Wildman–Crippen MR) is 98.9 cm³/mol. The fourth-order valence-electron chi connectivity index (χ4n) is 3.33. The summed E-state index contributed by atoms with van der Waals surface area (Å²) in [5.74, 6) is -0.148. The molecule has 0 amide bonds. The number of nitrogens with two attached hydrogens (primary N) is 1. The molecule has 3 rings (SSSR count). The quantitative estimate of drug-likeness (QED) is 0.738. The highest BCUT2D eigenvalue weighted by atomic mass is 32.2. The van der Waals surface area contributed by atoms with Crippen molar-refractivity contribution in [2.24, 2.45) is 11.1 Å². The Balaban J connectivity index is 1.83. The molecule has 3 unspecified atom stereocenters. The molecule has 0 aliphatic carbocycles. The Hall–Kier alpha value is -1.93. The molecule has 0 aromatic heterocycles. The van der Waals surface area contributed by atoms with Crippen LogP contribution in [0.25, 0.3) is 11.1 Å². The molecule has 1 heterocycles. The monoisotopic (exact) mass is 377 g/mol. The van der Waals surface area contributed by atoms with Crippen molar-refractivity contribution in [3.05, 3.63) is 54.1 Å². The summed E-state index contributed by atoms with van der Waals surface area (Å²) in [4.78, 5) is 0. The third-order valence-electron chi connectivity index (χ3n) is 5.08. The molecule has 2 aromatic carbocycles. The Morgan fingerprint density at radius 3 is 2.23 bits per heavy atom. The van der Waals surface area contributed by atoms with Crippen molar-refractivity contribution in [2.45, 2.75) is 24.2 Å². The summed E-state index contributed by atoms with van der Waals surface area (Å²) in [6.07, 6.45) is 0.231. The lowest BCUT2D eigenvalue weighted by atomic mass is 9.81. The van der Waals surface area contributed by atoms with Gasteiger partial charge in [-0.2, -0.15) is 0 Å². The van der Waals surface area contributed by atoms with Crippen LogP contribution in [-0.2, 0) is 20.4 Å². The van der Waals surface area contributed by atoms with Gasteiger partial charge in [-0.3, -0.25) is 0 Å². The smallest absolute Gasteiger partial charge is 0.211 e. The Morgan fingerprint density at radius 2 is 1.69 bits per heavy atom. The molecule has 1 fully saturated rings. The summed E-state index contributed by atoms with van der Waals surface area (Å²) >= 11 is 0. The van der Waals surface area contributed by atoms with Crippen molar-refractivity contribution in [3.8, 4) is 16.9 Å². The molecule has 1 aliphatic heterocycles. The van der Waals surface area contributed by atoms with E-state index in [9.17, 15) is 18.6 Å². The third-order valence-corrected chi connectivity index (χ3v) is 6.39. The maximum atomic E-state index is 11.5. The number of hydrogen-bond donors (Lipinski definition) is 3. The summed E-state index contributed by atoms with van der Waals surface area (Å²) in [6.45, 7) is 1.95. The average molecular weight is 377 g/mol.